The van der Waals surface area contributed by atoms with Crippen LogP contribution in [-0.4, -0.2) is 56.6 Å². The van der Waals surface area contributed by atoms with Gasteiger partial charge < -0.3 is 15.5 Å². The van der Waals surface area contributed by atoms with Crippen molar-refractivity contribution in [1.82, 2.24) is 24.5 Å². The van der Waals surface area contributed by atoms with Gasteiger partial charge in [-0.25, -0.2) is 18.9 Å². The standard InChI is InChI=1S/C30H34FN7O/c1-37(2)29(39)23-15-16-25-26(24-17-18-32-30(35-24)34-22-9-5-6-10-22)27(19-11-13-20(31)14-12-19)36-38(25)28(23)33-21-7-3-4-8-21/h11-18,21-22,33H,3-10H2,1-2H3,(H,32,34,35). The summed E-state index contributed by atoms with van der Waals surface area (Å²) in [4.78, 5) is 24.2. The van der Waals surface area contributed by atoms with Gasteiger partial charge in [0, 0.05) is 37.9 Å². The van der Waals surface area contributed by atoms with Crippen LogP contribution >= 0.6 is 0 Å². The Morgan fingerprint density at radius 3 is 2.26 bits per heavy atom. The molecule has 0 spiro atoms. The van der Waals surface area contributed by atoms with Crippen molar-refractivity contribution >= 4 is 23.2 Å². The molecule has 0 atom stereocenters. The lowest BCUT2D eigenvalue weighted by Gasteiger charge is -2.20. The number of halogens is 1. The monoisotopic (exact) mass is 527 g/mol. The van der Waals surface area contributed by atoms with Crippen LogP contribution in [0.3, 0.4) is 0 Å². The van der Waals surface area contributed by atoms with Crippen LogP contribution in [0.1, 0.15) is 61.7 Å². The third-order valence-electron chi connectivity index (χ3n) is 7.85. The fourth-order valence-corrected chi connectivity index (χ4v) is 5.81. The molecule has 0 unspecified atom stereocenters. The summed E-state index contributed by atoms with van der Waals surface area (Å²) in [5.74, 6) is 0.859. The highest BCUT2D eigenvalue weighted by molar-refractivity contribution is 6.01. The zero-order valence-electron chi connectivity index (χ0n) is 22.5. The molecular weight excluding hydrogens is 493 g/mol. The molecule has 202 valence electrons. The Bertz CT molecular complexity index is 1490. The first-order chi connectivity index (χ1) is 19.0. The number of rotatable bonds is 7. The summed E-state index contributed by atoms with van der Waals surface area (Å²) in [5, 5.41) is 12.2. The van der Waals surface area contributed by atoms with Crippen LogP contribution in [0, 0.1) is 5.82 Å². The van der Waals surface area contributed by atoms with Crippen LogP contribution < -0.4 is 10.6 Å². The first-order valence-corrected chi connectivity index (χ1v) is 13.9. The Balaban J connectivity index is 1.55. The van der Waals surface area contributed by atoms with Gasteiger partial charge in [-0.05, 0) is 68.1 Å². The van der Waals surface area contributed by atoms with Gasteiger partial charge in [-0.2, -0.15) is 5.10 Å². The molecule has 0 bridgehead atoms. The molecule has 2 aliphatic rings. The predicted molar refractivity (Wildman–Crippen MR) is 151 cm³/mol. The smallest absolute Gasteiger partial charge is 0.257 e. The molecule has 4 aromatic rings. The van der Waals surface area contributed by atoms with Crippen molar-refractivity contribution in [2.24, 2.45) is 0 Å². The maximum atomic E-state index is 13.9. The number of nitrogens with one attached hydrogen (secondary N) is 2. The highest BCUT2D eigenvalue weighted by Gasteiger charge is 2.26. The van der Waals surface area contributed by atoms with Crippen molar-refractivity contribution in [3.05, 3.63) is 60.0 Å². The molecule has 6 rings (SSSR count). The second-order valence-corrected chi connectivity index (χ2v) is 10.8. The van der Waals surface area contributed by atoms with E-state index in [0.717, 1.165) is 60.9 Å². The van der Waals surface area contributed by atoms with Gasteiger partial charge >= 0.3 is 0 Å². The van der Waals surface area contributed by atoms with Gasteiger partial charge in [0.2, 0.25) is 5.95 Å². The van der Waals surface area contributed by atoms with Gasteiger partial charge in [0.25, 0.3) is 5.91 Å². The van der Waals surface area contributed by atoms with Gasteiger partial charge in [-0.1, -0.05) is 25.7 Å². The number of nitrogens with zero attached hydrogens (tertiary/aromatic N) is 5. The largest absolute Gasteiger partial charge is 0.367 e. The van der Waals surface area contributed by atoms with Crippen molar-refractivity contribution < 1.29 is 9.18 Å². The Morgan fingerprint density at radius 2 is 1.59 bits per heavy atom. The average molecular weight is 528 g/mol. The molecule has 0 saturated heterocycles. The van der Waals surface area contributed by atoms with E-state index in [-0.39, 0.29) is 17.8 Å². The first kappa shape index (κ1) is 25.3. The van der Waals surface area contributed by atoms with E-state index >= 15 is 0 Å². The van der Waals surface area contributed by atoms with Gasteiger partial charge in [-0.15, -0.1) is 0 Å². The SMILES string of the molecule is CN(C)C(=O)c1ccc2c(-c3ccnc(NC4CCCC4)n3)c(-c3ccc(F)cc3)nn2c1NC1CCCC1. The van der Waals surface area contributed by atoms with E-state index in [9.17, 15) is 9.18 Å². The topological polar surface area (TPSA) is 87.5 Å². The van der Waals surface area contributed by atoms with Crippen LogP contribution in [0.4, 0.5) is 16.2 Å². The van der Waals surface area contributed by atoms with E-state index in [0.29, 0.717) is 29.1 Å². The molecule has 1 aromatic carbocycles. The number of anilines is 2. The molecule has 2 N–H and O–H groups in total. The summed E-state index contributed by atoms with van der Waals surface area (Å²) in [5.41, 5.74) is 4.35. The second kappa shape index (κ2) is 10.6. The van der Waals surface area contributed by atoms with Gasteiger partial charge in [-0.3, -0.25) is 4.79 Å². The van der Waals surface area contributed by atoms with E-state index in [1.54, 1.807) is 37.3 Å². The average Bonchev–Trinajstić information content (AvgIpc) is 3.71. The van der Waals surface area contributed by atoms with Gasteiger partial charge in [0.1, 0.15) is 17.3 Å². The lowest BCUT2D eigenvalue weighted by atomic mass is 10.0. The molecule has 2 aliphatic carbocycles. The van der Waals surface area contributed by atoms with Crippen molar-refractivity contribution in [2.45, 2.75) is 63.5 Å². The minimum atomic E-state index is -0.309. The molecule has 8 nitrogen and oxygen atoms in total. The zero-order valence-corrected chi connectivity index (χ0v) is 22.5. The quantitative estimate of drug-likeness (QED) is 0.306. The third-order valence-corrected chi connectivity index (χ3v) is 7.85. The van der Waals surface area contributed by atoms with Crippen LogP contribution in [0.25, 0.3) is 28.0 Å². The van der Waals surface area contributed by atoms with Crippen LogP contribution in [0.2, 0.25) is 0 Å². The molecule has 1 amide bonds. The van der Waals surface area contributed by atoms with Crippen molar-refractivity contribution in [1.29, 1.82) is 0 Å². The van der Waals surface area contributed by atoms with Gasteiger partial charge in [0.15, 0.2) is 0 Å². The normalized spacial score (nSPS) is 16.2. The number of aromatic nitrogens is 4. The van der Waals surface area contributed by atoms with Crippen LogP contribution in [0.15, 0.2) is 48.7 Å². The molecule has 3 heterocycles. The lowest BCUT2D eigenvalue weighted by Crippen LogP contribution is -2.26. The fourth-order valence-electron chi connectivity index (χ4n) is 5.81. The number of benzene rings is 1. The third kappa shape index (κ3) is 5.05. The lowest BCUT2D eigenvalue weighted by molar-refractivity contribution is 0.0828. The summed E-state index contributed by atoms with van der Waals surface area (Å²) in [6.07, 6.45) is 10.8. The maximum Gasteiger partial charge on any atom is 0.257 e. The minimum absolute atomic E-state index is 0.0946. The Morgan fingerprint density at radius 1 is 0.923 bits per heavy atom. The Hall–Kier alpha value is -4.01. The van der Waals surface area contributed by atoms with Crippen LogP contribution in [0.5, 0.6) is 0 Å². The van der Waals surface area contributed by atoms with Crippen molar-refractivity contribution in [3.8, 4) is 22.5 Å². The molecular formula is C30H34FN7O. The van der Waals surface area contributed by atoms with Crippen molar-refractivity contribution in [2.75, 3.05) is 24.7 Å². The van der Waals surface area contributed by atoms with Gasteiger partial charge in [0.05, 0.1) is 22.3 Å². The molecule has 2 saturated carbocycles. The predicted octanol–water partition coefficient (Wildman–Crippen LogP) is 6.01. The number of carbonyl (C=O) groups excluding carboxylic acids is 1. The fraction of sp³-hybridized carbons (Fsp3) is 0.400. The van der Waals surface area contributed by atoms with E-state index in [2.05, 4.69) is 15.6 Å². The number of pyridine rings is 1. The number of amides is 1. The first-order valence-electron chi connectivity index (χ1n) is 13.9. The zero-order chi connectivity index (χ0) is 26.9. The Kier molecular flexibility index (Phi) is 6.89. The number of carbonyl (C=O) groups is 1. The van der Waals surface area contributed by atoms with Crippen molar-refractivity contribution in [3.63, 3.8) is 0 Å². The molecule has 9 heteroatoms. The highest BCUT2D eigenvalue weighted by Crippen LogP contribution is 2.37. The number of hydrogen-bond donors (Lipinski definition) is 2. The maximum absolute atomic E-state index is 13.9. The molecule has 0 radical (unpaired) electrons. The molecule has 2 fully saturated rings. The van der Waals surface area contributed by atoms with E-state index in [1.807, 2.05) is 22.7 Å². The summed E-state index contributed by atoms with van der Waals surface area (Å²) >= 11 is 0. The summed E-state index contributed by atoms with van der Waals surface area (Å²) in [6, 6.07) is 12.7. The molecule has 3 aromatic heterocycles. The second-order valence-electron chi connectivity index (χ2n) is 10.8. The number of hydrogen-bond acceptors (Lipinski definition) is 6. The summed E-state index contributed by atoms with van der Waals surface area (Å²) < 4.78 is 15.7. The highest BCUT2D eigenvalue weighted by atomic mass is 19.1. The number of fused-ring (bicyclic) bond motifs is 1. The van der Waals surface area contributed by atoms with E-state index in [4.69, 9.17) is 10.1 Å². The molecule has 39 heavy (non-hydrogen) atoms. The summed E-state index contributed by atoms with van der Waals surface area (Å²) in [6.45, 7) is 0. The van der Waals surface area contributed by atoms with Crippen LogP contribution in [-0.2, 0) is 0 Å². The minimum Gasteiger partial charge on any atom is -0.367 e. The van der Waals surface area contributed by atoms with E-state index in [1.165, 1.54) is 25.0 Å². The van der Waals surface area contributed by atoms with E-state index < -0.39 is 0 Å². The molecule has 0 aliphatic heterocycles. The summed E-state index contributed by atoms with van der Waals surface area (Å²) in [7, 11) is 3.51. The Labute approximate surface area is 227 Å².